The molecule has 2 aromatic carbocycles. The minimum absolute atomic E-state index is 0.0993. The van der Waals surface area contributed by atoms with E-state index >= 15 is 0 Å². The average molecular weight is 352 g/mol. The van der Waals surface area contributed by atoms with E-state index in [1.165, 1.54) is 0 Å². The van der Waals surface area contributed by atoms with Crippen LogP contribution in [-0.4, -0.2) is 11.1 Å². The van der Waals surface area contributed by atoms with Crippen molar-refractivity contribution in [3.05, 3.63) is 77.2 Å². The summed E-state index contributed by atoms with van der Waals surface area (Å²) in [6.45, 7) is 3.97. The number of para-hydroxylation sites is 1. The molecule has 0 aliphatic rings. The van der Waals surface area contributed by atoms with Crippen molar-refractivity contribution in [2.75, 3.05) is 5.32 Å². The van der Waals surface area contributed by atoms with Crippen LogP contribution in [0.15, 0.2) is 64.0 Å². The molecule has 0 saturated heterocycles. The number of nitrogens with zero attached hydrogens (tertiary/aromatic N) is 1. The normalized spacial score (nSPS) is 10.6. The van der Waals surface area contributed by atoms with Gasteiger partial charge in [-0.1, -0.05) is 42.4 Å². The molecule has 0 aliphatic heterocycles. The number of rotatable bonds is 6. The fourth-order valence-corrected chi connectivity index (χ4v) is 3.48. The van der Waals surface area contributed by atoms with Gasteiger partial charge in [0, 0.05) is 16.6 Å². The lowest BCUT2D eigenvalue weighted by Gasteiger charge is -2.12. The molecule has 0 aliphatic carbocycles. The van der Waals surface area contributed by atoms with Crippen LogP contribution in [-0.2, 0) is 12.2 Å². The van der Waals surface area contributed by atoms with Crippen LogP contribution >= 0.6 is 11.8 Å². The molecule has 128 valence electrons. The van der Waals surface area contributed by atoms with Gasteiger partial charge in [-0.2, -0.15) is 0 Å². The van der Waals surface area contributed by atoms with Crippen LogP contribution < -0.4 is 5.32 Å². The van der Waals surface area contributed by atoms with Gasteiger partial charge in [-0.25, -0.2) is 0 Å². The third kappa shape index (κ3) is 4.31. The van der Waals surface area contributed by atoms with Crippen LogP contribution in [0.3, 0.4) is 0 Å². The maximum Gasteiger partial charge on any atom is 0.256 e. The number of aryl methyl sites for hydroxylation is 2. The highest BCUT2D eigenvalue weighted by molar-refractivity contribution is 7.98. The number of carbonyl (C=O) groups excluding carboxylic acids is 1. The summed E-state index contributed by atoms with van der Waals surface area (Å²) in [5.41, 5.74) is 3.51. The van der Waals surface area contributed by atoms with Crippen LogP contribution in [0.25, 0.3) is 0 Å². The van der Waals surface area contributed by atoms with E-state index in [9.17, 15) is 4.79 Å². The number of hydrogen-bond donors (Lipinski definition) is 1. The molecular formula is C20H20N2O2S. The SMILES string of the molecule is CCc1ccccc1NC(=O)c1ccccc1SCc1cc(C)no1. The van der Waals surface area contributed by atoms with Gasteiger partial charge in [0.25, 0.3) is 5.91 Å². The zero-order valence-corrected chi connectivity index (χ0v) is 15.1. The lowest BCUT2D eigenvalue weighted by Crippen LogP contribution is -2.14. The summed E-state index contributed by atoms with van der Waals surface area (Å²) in [4.78, 5) is 13.7. The molecule has 0 bridgehead atoms. The summed E-state index contributed by atoms with van der Waals surface area (Å²) in [5, 5.41) is 6.93. The Kier molecular flexibility index (Phi) is 5.56. The number of anilines is 1. The van der Waals surface area contributed by atoms with Gasteiger partial charge in [0.15, 0.2) is 0 Å². The molecule has 1 N–H and O–H groups in total. The molecule has 3 aromatic rings. The number of carbonyl (C=O) groups is 1. The van der Waals surface area contributed by atoms with E-state index in [2.05, 4.69) is 17.4 Å². The Morgan fingerprint density at radius 3 is 2.68 bits per heavy atom. The largest absolute Gasteiger partial charge is 0.360 e. The molecule has 0 unspecified atom stereocenters. The van der Waals surface area contributed by atoms with E-state index in [1.807, 2.05) is 61.5 Å². The molecule has 4 nitrogen and oxygen atoms in total. The molecule has 0 saturated carbocycles. The van der Waals surface area contributed by atoms with Gasteiger partial charge in [-0.3, -0.25) is 4.79 Å². The van der Waals surface area contributed by atoms with Gasteiger partial charge in [-0.05, 0) is 37.1 Å². The second kappa shape index (κ2) is 8.03. The van der Waals surface area contributed by atoms with E-state index in [1.54, 1.807) is 11.8 Å². The second-order valence-electron chi connectivity index (χ2n) is 5.68. The van der Waals surface area contributed by atoms with Gasteiger partial charge < -0.3 is 9.84 Å². The van der Waals surface area contributed by atoms with Gasteiger partial charge in [0.05, 0.1) is 17.0 Å². The molecule has 0 atom stereocenters. The van der Waals surface area contributed by atoms with Crippen LogP contribution in [0.1, 0.15) is 34.3 Å². The van der Waals surface area contributed by atoms with Gasteiger partial charge in [-0.15, -0.1) is 11.8 Å². The topological polar surface area (TPSA) is 55.1 Å². The fraction of sp³-hybridized carbons (Fsp3) is 0.200. The zero-order chi connectivity index (χ0) is 17.6. The van der Waals surface area contributed by atoms with Crippen LogP contribution in [0, 0.1) is 6.92 Å². The lowest BCUT2D eigenvalue weighted by atomic mass is 10.1. The predicted octanol–water partition coefficient (Wildman–Crippen LogP) is 5.09. The zero-order valence-electron chi connectivity index (χ0n) is 14.3. The standard InChI is InChI=1S/C20H20N2O2S/c1-3-15-8-4-6-10-18(15)21-20(23)17-9-5-7-11-19(17)25-13-16-12-14(2)22-24-16/h4-12H,3,13H2,1-2H3,(H,21,23). The quantitative estimate of drug-likeness (QED) is 0.628. The smallest absolute Gasteiger partial charge is 0.256 e. The van der Waals surface area contributed by atoms with Crippen molar-refractivity contribution in [3.63, 3.8) is 0 Å². The highest BCUT2D eigenvalue weighted by Crippen LogP contribution is 2.27. The van der Waals surface area contributed by atoms with Crippen molar-refractivity contribution in [1.29, 1.82) is 0 Å². The fourth-order valence-electron chi connectivity index (χ4n) is 2.55. The monoisotopic (exact) mass is 352 g/mol. The van der Waals surface area contributed by atoms with Crippen molar-refractivity contribution in [2.45, 2.75) is 30.9 Å². The molecule has 1 heterocycles. The molecule has 5 heteroatoms. The number of amides is 1. The van der Waals surface area contributed by atoms with Crippen molar-refractivity contribution in [2.24, 2.45) is 0 Å². The first-order valence-corrected chi connectivity index (χ1v) is 9.19. The number of hydrogen-bond acceptors (Lipinski definition) is 4. The first-order chi connectivity index (χ1) is 12.2. The molecule has 0 radical (unpaired) electrons. The number of benzene rings is 2. The molecular weight excluding hydrogens is 332 g/mol. The van der Waals surface area contributed by atoms with Gasteiger partial charge >= 0.3 is 0 Å². The Labute approximate surface area is 151 Å². The highest BCUT2D eigenvalue weighted by atomic mass is 32.2. The summed E-state index contributed by atoms with van der Waals surface area (Å²) in [6, 6.07) is 17.4. The molecule has 3 rings (SSSR count). The highest BCUT2D eigenvalue weighted by Gasteiger charge is 2.13. The minimum atomic E-state index is -0.0993. The van der Waals surface area contributed by atoms with E-state index in [-0.39, 0.29) is 5.91 Å². The summed E-state index contributed by atoms with van der Waals surface area (Å²) in [6.07, 6.45) is 0.873. The number of aromatic nitrogens is 1. The van der Waals surface area contributed by atoms with Gasteiger partial charge in [0.2, 0.25) is 0 Å². The van der Waals surface area contributed by atoms with Crippen molar-refractivity contribution in [1.82, 2.24) is 5.16 Å². The van der Waals surface area contributed by atoms with Crippen molar-refractivity contribution in [3.8, 4) is 0 Å². The summed E-state index contributed by atoms with van der Waals surface area (Å²) in [7, 11) is 0. The second-order valence-corrected chi connectivity index (χ2v) is 6.70. The molecule has 1 aromatic heterocycles. The number of thioether (sulfide) groups is 1. The Hall–Kier alpha value is -2.53. The lowest BCUT2D eigenvalue weighted by molar-refractivity contribution is 0.102. The molecule has 0 fully saturated rings. The Morgan fingerprint density at radius 1 is 1.16 bits per heavy atom. The van der Waals surface area contributed by atoms with E-state index in [4.69, 9.17) is 4.52 Å². The third-order valence-corrected chi connectivity index (χ3v) is 4.92. The molecule has 1 amide bonds. The van der Waals surface area contributed by atoms with Crippen LogP contribution in [0.4, 0.5) is 5.69 Å². The van der Waals surface area contributed by atoms with Gasteiger partial charge in [0.1, 0.15) is 5.76 Å². The Bertz CT molecular complexity index is 873. The van der Waals surface area contributed by atoms with E-state index in [0.29, 0.717) is 11.3 Å². The maximum absolute atomic E-state index is 12.8. The average Bonchev–Trinajstić information content (AvgIpc) is 3.06. The Morgan fingerprint density at radius 2 is 1.92 bits per heavy atom. The minimum Gasteiger partial charge on any atom is -0.360 e. The first kappa shape index (κ1) is 17.3. The van der Waals surface area contributed by atoms with E-state index < -0.39 is 0 Å². The molecule has 25 heavy (non-hydrogen) atoms. The summed E-state index contributed by atoms with van der Waals surface area (Å²) in [5.74, 6) is 1.34. The maximum atomic E-state index is 12.8. The van der Waals surface area contributed by atoms with E-state index in [0.717, 1.165) is 34.0 Å². The summed E-state index contributed by atoms with van der Waals surface area (Å²) >= 11 is 1.57. The Balaban J connectivity index is 1.76. The first-order valence-electron chi connectivity index (χ1n) is 8.20. The van der Waals surface area contributed by atoms with Crippen molar-refractivity contribution >= 4 is 23.4 Å². The van der Waals surface area contributed by atoms with Crippen molar-refractivity contribution < 1.29 is 9.32 Å². The van der Waals surface area contributed by atoms with Crippen LogP contribution in [0.2, 0.25) is 0 Å². The number of nitrogens with one attached hydrogen (secondary N) is 1. The molecule has 0 spiro atoms. The van der Waals surface area contributed by atoms with Crippen LogP contribution in [0.5, 0.6) is 0 Å². The summed E-state index contributed by atoms with van der Waals surface area (Å²) < 4.78 is 5.24. The third-order valence-electron chi connectivity index (χ3n) is 3.82. The predicted molar refractivity (Wildman–Crippen MR) is 101 cm³/mol.